The number of hydrogen-bond acceptors (Lipinski definition) is 0. The maximum absolute atomic E-state index is 13.2. The summed E-state index contributed by atoms with van der Waals surface area (Å²) in [5, 5.41) is -0.292. The predicted molar refractivity (Wildman–Crippen MR) is 46.6 cm³/mol. The molecule has 0 fully saturated rings. The number of hydrogen-bond donors (Lipinski definition) is 0. The fourth-order valence-electron chi connectivity index (χ4n) is 0.816. The van der Waals surface area contributed by atoms with Crippen molar-refractivity contribution in [1.29, 1.82) is 0 Å². The molecule has 0 bridgehead atoms. The van der Waals surface area contributed by atoms with Crippen LogP contribution in [0.25, 0.3) is 0 Å². The molecule has 0 saturated carbocycles. The van der Waals surface area contributed by atoms with Crippen LogP contribution in [0, 0.1) is 0 Å². The molecule has 0 radical (unpaired) electrons. The van der Waals surface area contributed by atoms with E-state index in [0.717, 1.165) is 0 Å². The molecule has 0 heterocycles. The zero-order valence-electron chi connectivity index (χ0n) is 7.33. The van der Waals surface area contributed by atoms with Crippen molar-refractivity contribution in [1.82, 2.24) is 0 Å². The largest absolute Gasteiger partial charge is 0.314 e. The van der Waals surface area contributed by atoms with Gasteiger partial charge in [0.2, 0.25) is 16.8 Å². The molecule has 0 aromatic carbocycles. The topological polar surface area (TPSA) is 0 Å². The Morgan fingerprint density at radius 3 is 1.10 bits per heavy atom. The van der Waals surface area contributed by atoms with Gasteiger partial charge in [0.25, 0.3) is 0 Å². The SMILES string of the molecule is CC([Si](C)(C)F)[Si](C)(C)F. The highest BCUT2D eigenvalue weighted by Crippen LogP contribution is 2.32. The van der Waals surface area contributed by atoms with Gasteiger partial charge < -0.3 is 8.22 Å². The van der Waals surface area contributed by atoms with E-state index in [1.54, 1.807) is 33.1 Å². The van der Waals surface area contributed by atoms with Gasteiger partial charge >= 0.3 is 0 Å². The van der Waals surface area contributed by atoms with Crippen molar-refractivity contribution in [2.24, 2.45) is 0 Å². The first-order valence-electron chi connectivity index (χ1n) is 3.53. The Kier molecular flexibility index (Phi) is 2.81. The van der Waals surface area contributed by atoms with Gasteiger partial charge in [-0.25, -0.2) is 0 Å². The lowest BCUT2D eigenvalue weighted by atomic mass is 10.9. The fraction of sp³-hybridized carbons (Fsp3) is 1.00. The summed E-state index contributed by atoms with van der Waals surface area (Å²) in [5.41, 5.74) is 0. The molecule has 0 aliphatic carbocycles. The van der Waals surface area contributed by atoms with Gasteiger partial charge in [0.15, 0.2) is 0 Å². The van der Waals surface area contributed by atoms with Crippen molar-refractivity contribution in [3.05, 3.63) is 0 Å². The molecule has 0 aliphatic rings. The second-order valence-electron chi connectivity index (χ2n) is 3.85. The van der Waals surface area contributed by atoms with E-state index >= 15 is 0 Å². The molecule has 0 spiro atoms. The third kappa shape index (κ3) is 2.92. The van der Waals surface area contributed by atoms with Crippen molar-refractivity contribution >= 4 is 16.8 Å². The minimum absolute atomic E-state index is 0.292. The van der Waals surface area contributed by atoms with Gasteiger partial charge in [0, 0.05) is 5.16 Å². The summed E-state index contributed by atoms with van der Waals surface area (Å²) in [4.78, 5) is 0. The Morgan fingerprint density at radius 2 is 1.10 bits per heavy atom. The van der Waals surface area contributed by atoms with Crippen molar-refractivity contribution in [2.45, 2.75) is 38.3 Å². The lowest BCUT2D eigenvalue weighted by Gasteiger charge is -2.27. The Morgan fingerprint density at radius 1 is 0.900 bits per heavy atom. The molecule has 0 aromatic rings. The second-order valence-corrected chi connectivity index (χ2v) is 12.4. The summed E-state index contributed by atoms with van der Waals surface area (Å²) in [6.07, 6.45) is 0. The van der Waals surface area contributed by atoms with Crippen LogP contribution in [0.15, 0.2) is 0 Å². The maximum atomic E-state index is 13.2. The third-order valence-electron chi connectivity index (χ3n) is 2.06. The lowest BCUT2D eigenvalue weighted by molar-refractivity contribution is 0.725. The van der Waals surface area contributed by atoms with Gasteiger partial charge in [-0.05, 0) is 26.2 Å². The zero-order chi connectivity index (χ0) is 8.58. The van der Waals surface area contributed by atoms with Crippen LogP contribution in [-0.2, 0) is 0 Å². The Hall–Kier alpha value is 0.294. The molecule has 0 rings (SSSR count). The summed E-state index contributed by atoms with van der Waals surface area (Å²) in [7, 11) is -5.42. The van der Waals surface area contributed by atoms with Crippen LogP contribution >= 0.6 is 0 Å². The van der Waals surface area contributed by atoms with Crippen LogP contribution in [0.5, 0.6) is 0 Å². The first-order valence-corrected chi connectivity index (χ1v) is 9.44. The molecule has 0 aromatic heterocycles. The van der Waals surface area contributed by atoms with Crippen molar-refractivity contribution in [3.8, 4) is 0 Å². The number of halogens is 2. The van der Waals surface area contributed by atoms with Gasteiger partial charge in [-0.1, -0.05) is 6.92 Å². The van der Waals surface area contributed by atoms with Crippen LogP contribution in [0.4, 0.5) is 8.22 Å². The Labute approximate surface area is 64.0 Å². The first-order chi connectivity index (χ1) is 4.15. The van der Waals surface area contributed by atoms with E-state index in [1.165, 1.54) is 0 Å². The summed E-state index contributed by atoms with van der Waals surface area (Å²) < 4.78 is 26.4. The fourth-order valence-corrected chi connectivity index (χ4v) is 7.35. The van der Waals surface area contributed by atoms with Gasteiger partial charge in [-0.15, -0.1) is 0 Å². The summed E-state index contributed by atoms with van der Waals surface area (Å²) >= 11 is 0. The molecule has 0 aliphatic heterocycles. The monoisotopic (exact) mass is 182 g/mol. The normalized spacial score (nSPS) is 14.4. The number of rotatable bonds is 2. The molecule has 0 atom stereocenters. The molecule has 0 amide bonds. The summed E-state index contributed by atoms with van der Waals surface area (Å²) in [5.74, 6) is 0. The standard InChI is InChI=1S/C6H16F2Si2/c1-6(9(2,3)7)10(4,5)8/h6H,1-5H3. The van der Waals surface area contributed by atoms with E-state index in [1.807, 2.05) is 0 Å². The average molecular weight is 182 g/mol. The molecule has 0 saturated heterocycles. The van der Waals surface area contributed by atoms with Gasteiger partial charge in [-0.2, -0.15) is 0 Å². The van der Waals surface area contributed by atoms with Crippen LogP contribution in [0.3, 0.4) is 0 Å². The van der Waals surface area contributed by atoms with E-state index in [9.17, 15) is 8.22 Å². The second kappa shape index (κ2) is 2.73. The molecule has 0 unspecified atom stereocenters. The highest BCUT2D eigenvalue weighted by molar-refractivity contribution is 6.91. The van der Waals surface area contributed by atoms with Crippen molar-refractivity contribution < 1.29 is 8.22 Å². The first kappa shape index (κ1) is 10.3. The molecule has 62 valence electrons. The summed E-state index contributed by atoms with van der Waals surface area (Å²) in [6.45, 7) is 8.01. The smallest absolute Gasteiger partial charge is 0.243 e. The van der Waals surface area contributed by atoms with Crippen molar-refractivity contribution in [3.63, 3.8) is 0 Å². The molecular weight excluding hydrogens is 166 g/mol. The van der Waals surface area contributed by atoms with Gasteiger partial charge in [-0.3, -0.25) is 0 Å². The van der Waals surface area contributed by atoms with Crippen molar-refractivity contribution in [2.75, 3.05) is 0 Å². The molecule has 0 nitrogen and oxygen atoms in total. The van der Waals surface area contributed by atoms with E-state index in [4.69, 9.17) is 0 Å². The zero-order valence-corrected chi connectivity index (χ0v) is 9.33. The average Bonchev–Trinajstić information content (AvgIpc) is 1.59. The van der Waals surface area contributed by atoms with Gasteiger partial charge in [0.05, 0.1) is 0 Å². The molecular formula is C6H16F2Si2. The van der Waals surface area contributed by atoms with Crippen LogP contribution in [0.1, 0.15) is 6.92 Å². The molecule has 4 heteroatoms. The molecule has 10 heavy (non-hydrogen) atoms. The minimum Gasteiger partial charge on any atom is -0.314 e. The van der Waals surface area contributed by atoms with E-state index in [-0.39, 0.29) is 5.16 Å². The summed E-state index contributed by atoms with van der Waals surface area (Å²) in [6, 6.07) is 0. The Bertz CT molecular complexity index is 97.9. The quantitative estimate of drug-likeness (QED) is 0.454. The third-order valence-corrected chi connectivity index (χ3v) is 10.3. The Balaban J connectivity index is 4.23. The van der Waals surface area contributed by atoms with Crippen LogP contribution in [-0.4, -0.2) is 16.8 Å². The van der Waals surface area contributed by atoms with Crippen LogP contribution in [0.2, 0.25) is 31.4 Å². The molecule has 0 N–H and O–H groups in total. The minimum atomic E-state index is -2.71. The van der Waals surface area contributed by atoms with Crippen LogP contribution < -0.4 is 0 Å². The van der Waals surface area contributed by atoms with Gasteiger partial charge in [0.1, 0.15) is 0 Å². The highest BCUT2D eigenvalue weighted by Gasteiger charge is 2.42. The predicted octanol–water partition coefficient (Wildman–Crippen LogP) is 3.26. The highest BCUT2D eigenvalue weighted by atomic mass is 28.4. The lowest BCUT2D eigenvalue weighted by Crippen LogP contribution is -2.40. The van der Waals surface area contributed by atoms with E-state index < -0.39 is 16.8 Å². The van der Waals surface area contributed by atoms with E-state index in [0.29, 0.717) is 0 Å². The maximum Gasteiger partial charge on any atom is 0.243 e. The van der Waals surface area contributed by atoms with E-state index in [2.05, 4.69) is 0 Å².